The van der Waals surface area contributed by atoms with E-state index in [4.69, 9.17) is 0 Å². The van der Waals surface area contributed by atoms with Crippen molar-refractivity contribution < 1.29 is 9.59 Å². The Morgan fingerprint density at radius 2 is 1.63 bits per heavy atom. The molecule has 1 spiro atoms. The molecule has 0 aliphatic heterocycles. The molecule has 5 nitrogen and oxygen atoms in total. The first-order chi connectivity index (χ1) is 14.5. The fraction of sp³-hybridized carbons (Fsp3) is 0.583. The van der Waals surface area contributed by atoms with Crippen LogP contribution < -0.4 is 10.6 Å². The number of nitrogens with one attached hydrogen (secondary N) is 2. The van der Waals surface area contributed by atoms with Crippen molar-refractivity contribution in [3.05, 3.63) is 40.9 Å². The molecule has 6 heteroatoms. The van der Waals surface area contributed by atoms with Gasteiger partial charge in [0.1, 0.15) is 0 Å². The molecule has 3 aliphatic carbocycles. The Hall–Kier alpha value is -1.66. The maximum Gasteiger partial charge on any atom is 0.228 e. The third-order valence-electron chi connectivity index (χ3n) is 7.40. The van der Waals surface area contributed by atoms with E-state index in [1.54, 1.807) is 0 Å². The first-order valence-electron chi connectivity index (χ1n) is 11.2. The maximum atomic E-state index is 13.3. The van der Waals surface area contributed by atoms with E-state index in [2.05, 4.69) is 57.5 Å². The van der Waals surface area contributed by atoms with Gasteiger partial charge in [0.25, 0.3) is 0 Å². The molecule has 162 valence electrons. The molecule has 3 aliphatic rings. The molecule has 0 unspecified atom stereocenters. The van der Waals surface area contributed by atoms with E-state index in [0.717, 1.165) is 49.1 Å². The predicted molar refractivity (Wildman–Crippen MR) is 123 cm³/mol. The number of anilines is 1. The number of allylic oxidation sites excluding steroid dienone is 2. The quantitative estimate of drug-likeness (QED) is 0.419. The van der Waals surface area contributed by atoms with Crippen molar-refractivity contribution in [3.8, 4) is 0 Å². The third kappa shape index (κ3) is 3.96. The summed E-state index contributed by atoms with van der Waals surface area (Å²) in [6.07, 6.45) is 7.60. The fourth-order valence-corrected chi connectivity index (χ4v) is 5.90. The zero-order chi connectivity index (χ0) is 21.3. The molecule has 2 bridgehead atoms. The van der Waals surface area contributed by atoms with E-state index in [1.165, 1.54) is 0 Å². The molecule has 4 atom stereocenters. The molecule has 0 saturated heterocycles. The largest absolute Gasteiger partial charge is 0.356 e. The number of carbonyl (C=O) groups excluding carboxylic acids is 2. The molecule has 4 rings (SSSR count). The topological polar surface area (TPSA) is 61.4 Å². The van der Waals surface area contributed by atoms with Gasteiger partial charge in [-0.25, -0.2) is 0 Å². The molecule has 1 aromatic rings. The van der Waals surface area contributed by atoms with Crippen LogP contribution in [0.4, 0.5) is 5.69 Å². The van der Waals surface area contributed by atoms with Gasteiger partial charge in [-0.3, -0.25) is 9.59 Å². The average molecular weight is 474 g/mol. The van der Waals surface area contributed by atoms with Crippen molar-refractivity contribution in [2.24, 2.45) is 29.1 Å². The van der Waals surface area contributed by atoms with Crippen molar-refractivity contribution in [2.45, 2.75) is 33.1 Å². The highest BCUT2D eigenvalue weighted by atomic mass is 79.9. The van der Waals surface area contributed by atoms with Crippen LogP contribution in [-0.2, 0) is 9.59 Å². The minimum absolute atomic E-state index is 0.0243. The summed E-state index contributed by atoms with van der Waals surface area (Å²) in [4.78, 5) is 28.8. The first-order valence-corrected chi connectivity index (χ1v) is 12.0. The van der Waals surface area contributed by atoms with Gasteiger partial charge in [0.15, 0.2) is 0 Å². The molecule has 2 saturated carbocycles. The van der Waals surface area contributed by atoms with Gasteiger partial charge in [-0.15, -0.1) is 0 Å². The molecular weight excluding hydrogens is 442 g/mol. The molecule has 2 N–H and O–H groups in total. The second-order valence-electron chi connectivity index (χ2n) is 8.89. The lowest BCUT2D eigenvalue weighted by Crippen LogP contribution is -2.42. The lowest BCUT2D eigenvalue weighted by atomic mass is 9.81. The smallest absolute Gasteiger partial charge is 0.228 e. The molecule has 30 heavy (non-hydrogen) atoms. The minimum Gasteiger partial charge on any atom is -0.356 e. The van der Waals surface area contributed by atoms with Crippen LogP contribution in [-0.4, -0.2) is 42.9 Å². The van der Waals surface area contributed by atoms with E-state index in [0.29, 0.717) is 6.54 Å². The number of halogens is 1. The highest BCUT2D eigenvalue weighted by Gasteiger charge is 2.69. The number of benzene rings is 1. The van der Waals surface area contributed by atoms with Crippen LogP contribution in [0, 0.1) is 29.1 Å². The van der Waals surface area contributed by atoms with Crippen LogP contribution in [0.3, 0.4) is 0 Å². The lowest BCUT2D eigenvalue weighted by molar-refractivity contribution is -0.132. The van der Waals surface area contributed by atoms with E-state index in [9.17, 15) is 9.59 Å². The van der Waals surface area contributed by atoms with Crippen molar-refractivity contribution in [2.75, 3.05) is 31.5 Å². The van der Waals surface area contributed by atoms with Gasteiger partial charge >= 0.3 is 0 Å². The summed E-state index contributed by atoms with van der Waals surface area (Å²) in [6.45, 7) is 8.04. The van der Waals surface area contributed by atoms with Crippen LogP contribution in [0.1, 0.15) is 33.1 Å². The Labute approximate surface area is 187 Å². The Bertz CT molecular complexity index is 814. The van der Waals surface area contributed by atoms with Crippen LogP contribution in [0.2, 0.25) is 0 Å². The van der Waals surface area contributed by atoms with Gasteiger partial charge in [0.05, 0.1) is 11.8 Å². The first kappa shape index (κ1) is 21.6. The van der Waals surface area contributed by atoms with E-state index < -0.39 is 0 Å². The van der Waals surface area contributed by atoms with Gasteiger partial charge in [0, 0.05) is 16.7 Å². The number of rotatable bonds is 9. The van der Waals surface area contributed by atoms with Crippen LogP contribution >= 0.6 is 15.9 Å². The van der Waals surface area contributed by atoms with Gasteiger partial charge in [-0.05, 0) is 80.4 Å². The zero-order valence-corrected chi connectivity index (χ0v) is 19.5. The fourth-order valence-electron chi connectivity index (χ4n) is 5.64. The van der Waals surface area contributed by atoms with Crippen molar-refractivity contribution >= 4 is 33.4 Å². The Morgan fingerprint density at radius 3 is 2.20 bits per heavy atom. The number of carbonyl (C=O) groups is 2. The molecule has 2 amide bonds. The Kier molecular flexibility index (Phi) is 6.35. The standard InChI is InChI=1S/C24H32BrN3O2/c1-3-28(4-2)15-5-14-26-22(29)20-18-10-11-19(24(18)12-13-24)21(20)23(30)27-17-8-6-16(25)7-9-17/h6-11,18-21H,3-5,12-15H2,1-2H3,(H,26,29)(H,27,30)/t18-,19+,20-,21-/m1/s1. The molecular formula is C24H32BrN3O2. The summed E-state index contributed by atoms with van der Waals surface area (Å²) in [5.74, 6) is -0.131. The minimum atomic E-state index is -0.283. The SMILES string of the molecule is CCN(CC)CCCNC(=O)[C@H]1[C@H](C(=O)Nc2ccc(Br)cc2)[C@@H]2C=C[C@H]1C21CC1. The Balaban J connectivity index is 1.42. The molecule has 0 heterocycles. The summed E-state index contributed by atoms with van der Waals surface area (Å²) >= 11 is 3.43. The lowest BCUT2D eigenvalue weighted by Gasteiger charge is -2.26. The molecule has 0 aromatic heterocycles. The van der Waals surface area contributed by atoms with Crippen LogP contribution in [0.15, 0.2) is 40.9 Å². The van der Waals surface area contributed by atoms with Crippen LogP contribution in [0.25, 0.3) is 0 Å². The normalized spacial score (nSPS) is 27.6. The predicted octanol–water partition coefficient (Wildman–Crippen LogP) is 4.06. The highest BCUT2D eigenvalue weighted by molar-refractivity contribution is 9.10. The molecule has 0 radical (unpaired) electrons. The van der Waals surface area contributed by atoms with E-state index in [-0.39, 0.29) is 40.9 Å². The van der Waals surface area contributed by atoms with E-state index in [1.807, 2.05) is 24.3 Å². The third-order valence-corrected chi connectivity index (χ3v) is 7.93. The highest BCUT2D eigenvalue weighted by Crippen LogP contribution is 2.72. The summed E-state index contributed by atoms with van der Waals surface area (Å²) < 4.78 is 0.974. The second-order valence-corrected chi connectivity index (χ2v) is 9.80. The van der Waals surface area contributed by atoms with Gasteiger partial charge in [-0.1, -0.05) is 41.9 Å². The molecule has 1 aromatic carbocycles. The van der Waals surface area contributed by atoms with Crippen molar-refractivity contribution in [1.82, 2.24) is 10.2 Å². The average Bonchev–Trinajstić information content (AvgIpc) is 3.42. The second kappa shape index (κ2) is 8.83. The number of nitrogens with zero attached hydrogens (tertiary/aromatic N) is 1. The maximum absolute atomic E-state index is 13.3. The summed E-state index contributed by atoms with van der Waals surface area (Å²) in [6, 6.07) is 7.61. The summed E-state index contributed by atoms with van der Waals surface area (Å²) in [5.41, 5.74) is 0.934. The number of hydrogen-bond donors (Lipinski definition) is 2. The van der Waals surface area contributed by atoms with Crippen LogP contribution in [0.5, 0.6) is 0 Å². The van der Waals surface area contributed by atoms with Crippen molar-refractivity contribution in [3.63, 3.8) is 0 Å². The summed E-state index contributed by atoms with van der Waals surface area (Å²) in [7, 11) is 0. The number of hydrogen-bond acceptors (Lipinski definition) is 3. The Morgan fingerprint density at radius 1 is 1.03 bits per heavy atom. The number of amides is 2. The van der Waals surface area contributed by atoms with Crippen molar-refractivity contribution in [1.29, 1.82) is 0 Å². The van der Waals surface area contributed by atoms with Gasteiger partial charge < -0.3 is 15.5 Å². The molecule has 2 fully saturated rings. The monoisotopic (exact) mass is 473 g/mol. The summed E-state index contributed by atoms with van der Waals surface area (Å²) in [5, 5.41) is 6.21. The van der Waals surface area contributed by atoms with Gasteiger partial charge in [0.2, 0.25) is 11.8 Å². The van der Waals surface area contributed by atoms with Gasteiger partial charge in [-0.2, -0.15) is 0 Å². The zero-order valence-electron chi connectivity index (χ0n) is 17.9. The van der Waals surface area contributed by atoms with E-state index >= 15 is 0 Å².